The summed E-state index contributed by atoms with van der Waals surface area (Å²) < 4.78 is 42.9. The van der Waals surface area contributed by atoms with Crippen LogP contribution in [0.25, 0.3) is 11.0 Å². The summed E-state index contributed by atoms with van der Waals surface area (Å²) in [5, 5.41) is 2.76. The zero-order valence-electron chi connectivity index (χ0n) is 32.1. The molecule has 1 unspecified atom stereocenters. The number of fused-ring (bicyclic) bond motifs is 5. The molecule has 2 N–H and O–H groups in total. The zero-order valence-corrected chi connectivity index (χ0v) is 32.9. The molecule has 2 saturated carbocycles. The molecule has 14 heteroatoms. The van der Waals surface area contributed by atoms with Crippen molar-refractivity contribution >= 4 is 44.7 Å². The molecular weight excluding hydrogens is 699 g/mol. The van der Waals surface area contributed by atoms with Crippen LogP contribution in [0.4, 0.5) is 4.79 Å². The average Bonchev–Trinajstić information content (AvgIpc) is 3.93. The smallest absolute Gasteiger partial charge is 0.408 e. The monoisotopic (exact) mass is 753 g/mol. The number of ketones is 1. The molecule has 5 atom stereocenters. The summed E-state index contributed by atoms with van der Waals surface area (Å²) in [7, 11) is -3.99. The van der Waals surface area contributed by atoms with Crippen LogP contribution in [0, 0.1) is 16.7 Å². The van der Waals surface area contributed by atoms with E-state index in [1.54, 1.807) is 20.8 Å². The first-order valence-corrected chi connectivity index (χ1v) is 20.4. The number of carbonyl (C=O) groups is 4. The van der Waals surface area contributed by atoms with Crippen LogP contribution in [0.2, 0.25) is 0 Å². The van der Waals surface area contributed by atoms with Gasteiger partial charge in [-0.15, -0.1) is 0 Å². The lowest BCUT2D eigenvalue weighted by Crippen LogP contribution is -2.57. The summed E-state index contributed by atoms with van der Waals surface area (Å²) >= 11 is 0. The Labute approximate surface area is 312 Å². The van der Waals surface area contributed by atoms with Crippen LogP contribution in [0.5, 0.6) is 6.01 Å². The predicted molar refractivity (Wildman–Crippen MR) is 199 cm³/mol. The highest BCUT2D eigenvalue weighted by atomic mass is 32.2. The van der Waals surface area contributed by atoms with Gasteiger partial charge < -0.3 is 19.7 Å². The second-order valence-electron chi connectivity index (χ2n) is 17.5. The summed E-state index contributed by atoms with van der Waals surface area (Å²) in [4.78, 5) is 62.4. The van der Waals surface area contributed by atoms with Crippen molar-refractivity contribution in [2.24, 2.45) is 16.7 Å². The molecule has 2 spiro atoms. The van der Waals surface area contributed by atoms with E-state index in [-0.39, 0.29) is 31.1 Å². The number of aromatic nitrogens is 2. The predicted octanol–water partition coefficient (Wildman–Crippen LogP) is 5.42. The van der Waals surface area contributed by atoms with Crippen molar-refractivity contribution in [2.45, 2.75) is 141 Å². The number of allylic oxidation sites excluding steroid dienone is 2. The van der Waals surface area contributed by atoms with Crippen LogP contribution in [-0.4, -0.2) is 81.6 Å². The highest BCUT2D eigenvalue weighted by molar-refractivity contribution is 7.91. The Bertz CT molecular complexity index is 1900. The number of nitrogens with one attached hydrogen (secondary N) is 2. The molecule has 1 aromatic carbocycles. The second-order valence-corrected chi connectivity index (χ2v) is 19.6. The second kappa shape index (κ2) is 14.0. The maximum absolute atomic E-state index is 14.6. The van der Waals surface area contributed by atoms with Crippen molar-refractivity contribution in [3.63, 3.8) is 0 Å². The lowest BCUT2D eigenvalue weighted by Gasteiger charge is -2.36. The third-order valence-electron chi connectivity index (χ3n) is 11.3. The first-order valence-electron chi connectivity index (χ1n) is 19.0. The third-order valence-corrected chi connectivity index (χ3v) is 13.5. The normalized spacial score (nSPS) is 28.5. The highest BCUT2D eigenvalue weighted by Gasteiger charge is 2.63. The van der Waals surface area contributed by atoms with Crippen molar-refractivity contribution in [3.8, 4) is 6.01 Å². The summed E-state index contributed by atoms with van der Waals surface area (Å²) in [5.41, 5.74) is -1.18. The number of ether oxygens (including phenoxy) is 2. The topological polar surface area (TPSA) is 166 Å². The van der Waals surface area contributed by atoms with Gasteiger partial charge in [0.1, 0.15) is 17.7 Å². The van der Waals surface area contributed by atoms with Gasteiger partial charge in [0.05, 0.1) is 33.8 Å². The molecule has 1 saturated heterocycles. The number of amides is 3. The number of para-hydroxylation sites is 2. The SMILES string of the molecule is CC[C@@H]1C[C@@]12CC(=O)[C@@H]1C[C@H](CN1C(=O)C(NC(=O)OC(C)(C)C)C(C)(C)C)Oc1nc3ccccc3n1C/C=C\CCCC1(CC1)S(=O)(=O)NC2=O. The first-order chi connectivity index (χ1) is 24.8. The standard InChI is InChI=1S/C39H55N5O8S/c1-8-25-22-39(25)23-30(45)29-21-26(24-44(29)32(46)31(36(2,3)4)41-35(48)52-37(5,6)7)51-34-40-27-15-11-12-16-28(27)43(34)20-14-10-9-13-17-38(18-19-38)53(49,50)42-33(39)47/h10-12,14-16,25-26,29,31H,8-9,13,17-24H2,1-7H3,(H,41,48)(H,42,47)/b14-10-/t25-,26-,29+,31?,39-/m1/s1. The van der Waals surface area contributed by atoms with Crippen molar-refractivity contribution in [2.75, 3.05) is 6.54 Å². The van der Waals surface area contributed by atoms with Crippen molar-refractivity contribution in [3.05, 3.63) is 36.4 Å². The minimum atomic E-state index is -3.99. The number of Topliss-reactive ketones (excluding diaryl/α,β-unsaturated/α-hetero) is 1. The molecule has 290 valence electrons. The summed E-state index contributed by atoms with van der Waals surface area (Å²) in [6.45, 7) is 13.1. The molecule has 2 bridgehead atoms. The van der Waals surface area contributed by atoms with E-state index in [4.69, 9.17) is 14.5 Å². The highest BCUT2D eigenvalue weighted by Crippen LogP contribution is 2.58. The number of carbonyl (C=O) groups excluding carboxylic acids is 4. The molecule has 4 aliphatic rings. The van der Waals surface area contributed by atoms with E-state index in [0.717, 1.165) is 11.0 Å². The van der Waals surface area contributed by atoms with Crippen molar-refractivity contribution < 1.29 is 37.1 Å². The van der Waals surface area contributed by atoms with Gasteiger partial charge in [0, 0.05) is 19.4 Å². The van der Waals surface area contributed by atoms with E-state index in [1.165, 1.54) is 4.90 Å². The molecule has 53 heavy (non-hydrogen) atoms. The van der Waals surface area contributed by atoms with Gasteiger partial charge in [-0.2, -0.15) is 4.98 Å². The van der Waals surface area contributed by atoms with Gasteiger partial charge in [0.15, 0.2) is 5.78 Å². The van der Waals surface area contributed by atoms with Gasteiger partial charge in [-0.25, -0.2) is 13.2 Å². The third kappa shape index (κ3) is 7.98. The van der Waals surface area contributed by atoms with E-state index < -0.39 is 67.3 Å². The van der Waals surface area contributed by atoms with Gasteiger partial charge in [0.2, 0.25) is 21.8 Å². The van der Waals surface area contributed by atoms with E-state index in [1.807, 2.05) is 68.7 Å². The fourth-order valence-electron chi connectivity index (χ4n) is 8.02. The summed E-state index contributed by atoms with van der Waals surface area (Å²) in [6.07, 6.45) is 6.21. The van der Waals surface area contributed by atoms with Crippen LogP contribution in [0.3, 0.4) is 0 Å². The molecule has 6 rings (SSSR count). The lowest BCUT2D eigenvalue weighted by atomic mass is 9.85. The summed E-state index contributed by atoms with van der Waals surface area (Å²) in [6, 6.07) is 5.97. The fraction of sp³-hybridized carbons (Fsp3) is 0.667. The number of hydrogen-bond donors (Lipinski definition) is 2. The molecule has 1 aromatic heterocycles. The minimum Gasteiger partial charge on any atom is -0.459 e. The molecule has 2 aliphatic heterocycles. The Hall–Kier alpha value is -3.94. The van der Waals surface area contributed by atoms with Crippen LogP contribution >= 0.6 is 0 Å². The number of rotatable bonds is 3. The Morgan fingerprint density at radius 1 is 1.09 bits per heavy atom. The maximum Gasteiger partial charge on any atom is 0.408 e. The molecule has 3 fully saturated rings. The molecule has 2 aromatic rings. The van der Waals surface area contributed by atoms with E-state index in [0.29, 0.717) is 57.5 Å². The number of sulfonamides is 1. The Balaban J connectivity index is 1.37. The van der Waals surface area contributed by atoms with Crippen LogP contribution in [0.1, 0.15) is 106 Å². The maximum atomic E-state index is 14.6. The van der Waals surface area contributed by atoms with Gasteiger partial charge >= 0.3 is 6.09 Å². The Morgan fingerprint density at radius 3 is 2.45 bits per heavy atom. The number of hydrogen-bond acceptors (Lipinski definition) is 9. The van der Waals surface area contributed by atoms with E-state index >= 15 is 0 Å². The number of nitrogens with zero attached hydrogens (tertiary/aromatic N) is 3. The van der Waals surface area contributed by atoms with Gasteiger partial charge in [-0.1, -0.05) is 58.4 Å². The number of alkyl carbamates (subject to hydrolysis) is 1. The van der Waals surface area contributed by atoms with Gasteiger partial charge in [0.25, 0.3) is 6.01 Å². The average molecular weight is 754 g/mol. The fourth-order valence-corrected chi connectivity index (χ4v) is 9.74. The number of imidazole rings is 1. The van der Waals surface area contributed by atoms with Gasteiger partial charge in [-0.05, 0) is 82.8 Å². The summed E-state index contributed by atoms with van der Waals surface area (Å²) in [5.74, 6) is -1.65. The Kier molecular flexibility index (Phi) is 10.3. The van der Waals surface area contributed by atoms with E-state index in [2.05, 4.69) is 10.0 Å². The van der Waals surface area contributed by atoms with Crippen molar-refractivity contribution in [1.29, 1.82) is 0 Å². The molecule has 3 amide bonds. The minimum absolute atomic E-state index is 0.0319. The Morgan fingerprint density at radius 2 is 1.81 bits per heavy atom. The number of benzene rings is 1. The molecule has 2 aliphatic carbocycles. The lowest BCUT2D eigenvalue weighted by molar-refractivity contribution is -0.142. The van der Waals surface area contributed by atoms with E-state index in [9.17, 15) is 27.6 Å². The van der Waals surface area contributed by atoms with Gasteiger partial charge in [-0.3, -0.25) is 23.7 Å². The van der Waals surface area contributed by atoms with Crippen molar-refractivity contribution in [1.82, 2.24) is 24.5 Å². The largest absolute Gasteiger partial charge is 0.459 e. The number of likely N-dealkylation sites (tertiary alicyclic amines) is 1. The quantitative estimate of drug-likeness (QED) is 0.390. The van der Waals surface area contributed by atoms with Crippen LogP contribution < -0.4 is 14.8 Å². The molecule has 13 nitrogen and oxygen atoms in total. The van der Waals surface area contributed by atoms with Crippen LogP contribution in [-0.2, 0) is 35.7 Å². The zero-order chi connectivity index (χ0) is 38.6. The molecule has 3 heterocycles. The van der Waals surface area contributed by atoms with Crippen LogP contribution in [0.15, 0.2) is 36.4 Å². The molecular formula is C39H55N5O8S. The first kappa shape index (κ1) is 38.8. The molecule has 0 radical (unpaired) electrons.